The zero-order valence-electron chi connectivity index (χ0n) is 16.9. The molecule has 11 heteroatoms. The van der Waals surface area contributed by atoms with Crippen molar-refractivity contribution in [1.82, 2.24) is 15.1 Å². The summed E-state index contributed by atoms with van der Waals surface area (Å²) >= 11 is 5.15. The molecule has 1 saturated carbocycles. The minimum Gasteiger partial charge on any atom is -0.367 e. The number of benzene rings is 1. The van der Waals surface area contributed by atoms with Gasteiger partial charge in [-0.3, -0.25) is 34.7 Å². The number of amides is 3. The minimum atomic E-state index is -0.620. The maximum absolute atomic E-state index is 13.0. The zero-order chi connectivity index (χ0) is 22.3. The second-order valence-corrected chi connectivity index (χ2v) is 8.10. The molecule has 0 unspecified atom stereocenters. The number of nitrogens with one attached hydrogen (secondary N) is 1. The van der Waals surface area contributed by atoms with E-state index in [4.69, 9.17) is 12.2 Å². The van der Waals surface area contributed by atoms with E-state index >= 15 is 0 Å². The van der Waals surface area contributed by atoms with Gasteiger partial charge in [-0.25, -0.2) is 0 Å². The summed E-state index contributed by atoms with van der Waals surface area (Å²) in [5.41, 5.74) is 0.807. The summed E-state index contributed by atoms with van der Waals surface area (Å²) in [5.74, 6) is -1.12. The van der Waals surface area contributed by atoms with Crippen molar-refractivity contribution in [2.75, 3.05) is 31.1 Å². The zero-order valence-corrected chi connectivity index (χ0v) is 17.7. The summed E-state index contributed by atoms with van der Waals surface area (Å²) in [6.07, 6.45) is 3.03. The molecular formula is C20H21N5O5S. The van der Waals surface area contributed by atoms with E-state index in [2.05, 4.69) is 5.32 Å². The van der Waals surface area contributed by atoms with Gasteiger partial charge in [0.15, 0.2) is 5.11 Å². The van der Waals surface area contributed by atoms with Crippen molar-refractivity contribution in [3.63, 3.8) is 0 Å². The molecule has 2 saturated heterocycles. The third-order valence-electron chi connectivity index (χ3n) is 5.63. The molecule has 0 bridgehead atoms. The molecule has 1 aromatic rings. The minimum absolute atomic E-state index is 0.00805. The first-order chi connectivity index (χ1) is 14.8. The molecule has 1 N–H and O–H groups in total. The maximum Gasteiger partial charge on any atom is 0.270 e. The Kier molecular flexibility index (Phi) is 5.44. The highest BCUT2D eigenvalue weighted by Crippen LogP contribution is 2.32. The summed E-state index contributed by atoms with van der Waals surface area (Å²) in [5, 5.41) is 14.0. The van der Waals surface area contributed by atoms with Gasteiger partial charge in [-0.05, 0) is 37.2 Å². The molecule has 10 nitrogen and oxygen atoms in total. The predicted octanol–water partition coefficient (Wildman–Crippen LogP) is 1.05. The number of thiocarbonyl (C=S) groups is 1. The second-order valence-electron chi connectivity index (χ2n) is 7.72. The van der Waals surface area contributed by atoms with Crippen LogP contribution in [0.1, 0.15) is 25.3 Å². The van der Waals surface area contributed by atoms with Crippen molar-refractivity contribution in [2.24, 2.45) is 0 Å². The van der Waals surface area contributed by atoms with E-state index < -0.39 is 16.7 Å². The Hall–Kier alpha value is -3.34. The molecule has 31 heavy (non-hydrogen) atoms. The predicted molar refractivity (Wildman–Crippen MR) is 116 cm³/mol. The molecule has 3 amide bonds. The number of hydrogen-bond donors (Lipinski definition) is 1. The summed E-state index contributed by atoms with van der Waals surface area (Å²) in [6.45, 7) is 3.62. The average molecular weight is 443 g/mol. The molecule has 0 aromatic heterocycles. The molecule has 2 heterocycles. The largest absolute Gasteiger partial charge is 0.367 e. The first-order valence-corrected chi connectivity index (χ1v) is 10.4. The third-order valence-corrected chi connectivity index (χ3v) is 5.93. The highest BCUT2D eigenvalue weighted by Gasteiger charge is 2.42. The van der Waals surface area contributed by atoms with Gasteiger partial charge in [0.1, 0.15) is 5.57 Å². The number of nitrogens with zero attached hydrogens (tertiary/aromatic N) is 4. The van der Waals surface area contributed by atoms with Gasteiger partial charge < -0.3 is 9.80 Å². The number of rotatable bonds is 4. The van der Waals surface area contributed by atoms with Crippen molar-refractivity contribution in [3.05, 3.63) is 39.4 Å². The Morgan fingerprint density at radius 1 is 1.23 bits per heavy atom. The van der Waals surface area contributed by atoms with E-state index in [1.54, 1.807) is 11.0 Å². The topological polar surface area (TPSA) is 116 Å². The first kappa shape index (κ1) is 20.9. The Balaban J connectivity index is 1.70. The van der Waals surface area contributed by atoms with Gasteiger partial charge in [0.05, 0.1) is 4.92 Å². The Bertz CT molecular complexity index is 1030. The van der Waals surface area contributed by atoms with E-state index in [0.29, 0.717) is 37.4 Å². The molecule has 1 aliphatic carbocycles. The van der Waals surface area contributed by atoms with Crippen molar-refractivity contribution >= 4 is 52.5 Å². The van der Waals surface area contributed by atoms with Crippen LogP contribution in [0.2, 0.25) is 0 Å². The molecular weight excluding hydrogens is 422 g/mol. The Morgan fingerprint density at radius 2 is 1.90 bits per heavy atom. The molecule has 0 radical (unpaired) electrons. The summed E-state index contributed by atoms with van der Waals surface area (Å²) in [7, 11) is 0. The fourth-order valence-electron chi connectivity index (χ4n) is 3.81. The van der Waals surface area contributed by atoms with Crippen molar-refractivity contribution in [1.29, 1.82) is 0 Å². The second kappa shape index (κ2) is 8.06. The molecule has 4 rings (SSSR count). The van der Waals surface area contributed by atoms with Crippen LogP contribution in [0.25, 0.3) is 6.08 Å². The lowest BCUT2D eigenvalue weighted by Crippen LogP contribution is -2.54. The van der Waals surface area contributed by atoms with Crippen LogP contribution < -0.4 is 10.2 Å². The maximum atomic E-state index is 13.0. The van der Waals surface area contributed by atoms with Crippen LogP contribution in [-0.2, 0) is 14.4 Å². The Morgan fingerprint density at radius 3 is 2.48 bits per heavy atom. The lowest BCUT2D eigenvalue weighted by atomic mass is 10.0. The number of carbonyl (C=O) groups excluding carboxylic acids is 3. The average Bonchev–Trinajstić information content (AvgIpc) is 3.56. The number of carbonyl (C=O) groups is 3. The smallest absolute Gasteiger partial charge is 0.270 e. The molecule has 0 spiro atoms. The lowest BCUT2D eigenvalue weighted by molar-refractivity contribution is -0.384. The van der Waals surface area contributed by atoms with Gasteiger partial charge in [-0.1, -0.05) is 0 Å². The van der Waals surface area contributed by atoms with Gasteiger partial charge in [0.2, 0.25) is 5.91 Å². The highest BCUT2D eigenvalue weighted by molar-refractivity contribution is 7.80. The van der Waals surface area contributed by atoms with Crippen LogP contribution in [0, 0.1) is 10.1 Å². The summed E-state index contributed by atoms with van der Waals surface area (Å²) < 4.78 is 0. The molecule has 1 aromatic carbocycles. The van der Waals surface area contributed by atoms with E-state index in [0.717, 1.165) is 12.8 Å². The van der Waals surface area contributed by atoms with Crippen LogP contribution in [-0.4, -0.2) is 69.8 Å². The molecule has 162 valence electrons. The van der Waals surface area contributed by atoms with Crippen LogP contribution in [0.15, 0.2) is 23.8 Å². The number of nitro benzene ring substituents is 1. The normalized spacial score (nSPS) is 20.9. The standard InChI is InChI=1S/C20H21N5O5S/c1-12(26)22-6-8-23(9-7-22)17-5-4-15(25(29)30)10-13(17)11-16-18(27)21-20(31)24(19(16)28)14-2-3-14/h4-5,10-11,14H,2-3,6-9H2,1H3,(H,21,27,31)/b16-11-. The first-order valence-electron chi connectivity index (χ1n) is 9.95. The molecule has 3 fully saturated rings. The summed E-state index contributed by atoms with van der Waals surface area (Å²) in [4.78, 5) is 53.0. The van der Waals surface area contributed by atoms with Gasteiger partial charge >= 0.3 is 0 Å². The van der Waals surface area contributed by atoms with E-state index in [1.807, 2.05) is 4.90 Å². The Labute approximate surface area is 183 Å². The molecule has 0 atom stereocenters. The van der Waals surface area contributed by atoms with Crippen molar-refractivity contribution in [3.8, 4) is 0 Å². The molecule has 2 aliphatic heterocycles. The number of nitro groups is 1. The van der Waals surface area contributed by atoms with Crippen LogP contribution in [0.3, 0.4) is 0 Å². The SMILES string of the molecule is CC(=O)N1CCN(c2ccc([N+](=O)[O-])cc2/C=C2/C(=O)NC(=S)N(C3CC3)C2=O)CC1. The monoisotopic (exact) mass is 443 g/mol. The van der Waals surface area contributed by atoms with Crippen LogP contribution in [0.4, 0.5) is 11.4 Å². The van der Waals surface area contributed by atoms with Gasteiger partial charge in [0, 0.05) is 62.5 Å². The number of hydrogen-bond acceptors (Lipinski definition) is 7. The number of non-ortho nitro benzene ring substituents is 1. The number of piperazine rings is 1. The third kappa shape index (κ3) is 4.13. The van der Waals surface area contributed by atoms with E-state index in [-0.39, 0.29) is 28.3 Å². The van der Waals surface area contributed by atoms with Crippen molar-refractivity contribution in [2.45, 2.75) is 25.8 Å². The lowest BCUT2D eigenvalue weighted by Gasteiger charge is -2.36. The fourth-order valence-corrected chi connectivity index (χ4v) is 4.14. The van der Waals surface area contributed by atoms with Gasteiger partial charge in [-0.15, -0.1) is 0 Å². The van der Waals surface area contributed by atoms with E-state index in [9.17, 15) is 24.5 Å². The quantitative estimate of drug-likeness (QED) is 0.243. The van der Waals surface area contributed by atoms with E-state index in [1.165, 1.54) is 30.0 Å². The highest BCUT2D eigenvalue weighted by atomic mass is 32.1. The van der Waals surface area contributed by atoms with Crippen molar-refractivity contribution < 1.29 is 19.3 Å². The summed E-state index contributed by atoms with van der Waals surface area (Å²) in [6, 6.07) is 4.34. The molecule has 3 aliphatic rings. The van der Waals surface area contributed by atoms with Crippen LogP contribution in [0.5, 0.6) is 0 Å². The van der Waals surface area contributed by atoms with Crippen LogP contribution >= 0.6 is 12.2 Å². The fraction of sp³-hybridized carbons (Fsp3) is 0.400. The van der Waals surface area contributed by atoms with Gasteiger partial charge in [0.25, 0.3) is 17.5 Å². The van der Waals surface area contributed by atoms with Gasteiger partial charge in [-0.2, -0.15) is 0 Å². The number of anilines is 1.